The Morgan fingerprint density at radius 2 is 2.07 bits per heavy atom. The Balaban J connectivity index is 2.45. The van der Waals surface area contributed by atoms with E-state index in [1.165, 1.54) is 0 Å². The van der Waals surface area contributed by atoms with Crippen LogP contribution < -0.4 is 11.1 Å². The molecule has 0 aliphatic carbocycles. The van der Waals surface area contributed by atoms with Crippen LogP contribution in [0.2, 0.25) is 0 Å². The van der Waals surface area contributed by atoms with Crippen molar-refractivity contribution in [2.24, 2.45) is 5.73 Å². The summed E-state index contributed by atoms with van der Waals surface area (Å²) in [7, 11) is 0. The first-order valence-corrected chi connectivity index (χ1v) is 4.66. The van der Waals surface area contributed by atoms with Crippen molar-refractivity contribution < 1.29 is 9.59 Å². The first-order chi connectivity index (χ1) is 7.24. The second-order valence-corrected chi connectivity index (χ2v) is 3.16. The molecule has 1 aromatic rings. The molecule has 1 amide bonds. The molecule has 4 heteroatoms. The van der Waals surface area contributed by atoms with Gasteiger partial charge in [0.1, 0.15) is 0 Å². The lowest BCUT2D eigenvalue weighted by molar-refractivity contribution is -0.122. The largest absolute Gasteiger partial charge is 0.347 e. The van der Waals surface area contributed by atoms with Gasteiger partial charge in [0, 0.05) is 0 Å². The lowest BCUT2D eigenvalue weighted by atomic mass is 10.1. The van der Waals surface area contributed by atoms with Crippen LogP contribution in [-0.2, 0) is 16.0 Å². The number of carbonyl (C=O) groups is 1. The molecule has 1 unspecified atom stereocenters. The van der Waals surface area contributed by atoms with E-state index in [4.69, 9.17) is 5.73 Å². The van der Waals surface area contributed by atoms with E-state index in [-0.39, 0.29) is 12.5 Å². The maximum absolute atomic E-state index is 11.3. The normalized spacial score (nSPS) is 11.8. The number of rotatable bonds is 5. The molecule has 0 aliphatic heterocycles. The molecule has 0 fully saturated rings. The van der Waals surface area contributed by atoms with Gasteiger partial charge in [-0.25, -0.2) is 0 Å². The number of hydrogen-bond donors (Lipinski definition) is 2. The fourth-order valence-corrected chi connectivity index (χ4v) is 1.22. The van der Waals surface area contributed by atoms with Crippen molar-refractivity contribution in [1.29, 1.82) is 0 Å². The summed E-state index contributed by atoms with van der Waals surface area (Å²) in [5, 5.41) is 2.36. The SMILES string of the molecule is NC(Cc1ccccc1)C(=O)NC[C]=O. The van der Waals surface area contributed by atoms with Crippen molar-refractivity contribution >= 4 is 12.2 Å². The van der Waals surface area contributed by atoms with Gasteiger partial charge in [0.05, 0.1) is 12.6 Å². The Bertz CT molecular complexity index is 325. The highest BCUT2D eigenvalue weighted by atomic mass is 16.2. The number of carbonyl (C=O) groups excluding carboxylic acids is 2. The Morgan fingerprint density at radius 3 is 2.67 bits per heavy atom. The first-order valence-electron chi connectivity index (χ1n) is 4.66. The van der Waals surface area contributed by atoms with Gasteiger partial charge < -0.3 is 11.1 Å². The van der Waals surface area contributed by atoms with E-state index in [1.54, 1.807) is 6.29 Å². The van der Waals surface area contributed by atoms with Crippen molar-refractivity contribution in [2.75, 3.05) is 6.54 Å². The van der Waals surface area contributed by atoms with Gasteiger partial charge in [0.2, 0.25) is 12.2 Å². The van der Waals surface area contributed by atoms with Crippen LogP contribution in [-0.4, -0.2) is 24.8 Å². The smallest absolute Gasteiger partial charge is 0.237 e. The summed E-state index contributed by atoms with van der Waals surface area (Å²) < 4.78 is 0. The second-order valence-electron chi connectivity index (χ2n) is 3.16. The van der Waals surface area contributed by atoms with E-state index in [1.807, 2.05) is 30.3 Å². The average Bonchev–Trinajstić information content (AvgIpc) is 2.27. The van der Waals surface area contributed by atoms with Crippen LogP contribution in [0.25, 0.3) is 0 Å². The third-order valence-electron chi connectivity index (χ3n) is 1.97. The molecule has 0 aromatic heterocycles. The molecule has 1 rings (SSSR count). The van der Waals surface area contributed by atoms with Gasteiger partial charge in [-0.15, -0.1) is 0 Å². The van der Waals surface area contributed by atoms with Crippen molar-refractivity contribution in [1.82, 2.24) is 5.32 Å². The highest BCUT2D eigenvalue weighted by molar-refractivity contribution is 5.83. The van der Waals surface area contributed by atoms with Crippen LogP contribution in [0.4, 0.5) is 0 Å². The van der Waals surface area contributed by atoms with Gasteiger partial charge in [-0.1, -0.05) is 30.3 Å². The van der Waals surface area contributed by atoms with E-state index >= 15 is 0 Å². The summed E-state index contributed by atoms with van der Waals surface area (Å²) in [6.45, 7) is -0.110. The predicted molar refractivity (Wildman–Crippen MR) is 56.8 cm³/mol. The minimum atomic E-state index is -0.624. The predicted octanol–water partition coefficient (Wildman–Crippen LogP) is -0.218. The van der Waals surface area contributed by atoms with Gasteiger partial charge in [-0.3, -0.25) is 9.59 Å². The molecule has 79 valence electrons. The zero-order chi connectivity index (χ0) is 11.1. The quantitative estimate of drug-likeness (QED) is 0.698. The van der Waals surface area contributed by atoms with Gasteiger partial charge in [0.25, 0.3) is 0 Å². The molecule has 0 aliphatic rings. The average molecular weight is 205 g/mol. The van der Waals surface area contributed by atoms with Gasteiger partial charge in [0.15, 0.2) is 0 Å². The molecule has 0 bridgehead atoms. The van der Waals surface area contributed by atoms with E-state index in [2.05, 4.69) is 5.32 Å². The van der Waals surface area contributed by atoms with E-state index in [0.717, 1.165) is 5.56 Å². The van der Waals surface area contributed by atoms with Crippen LogP contribution in [0.15, 0.2) is 30.3 Å². The summed E-state index contributed by atoms with van der Waals surface area (Å²) in [5.74, 6) is -0.331. The van der Waals surface area contributed by atoms with Crippen molar-refractivity contribution in [3.63, 3.8) is 0 Å². The van der Waals surface area contributed by atoms with Crippen molar-refractivity contribution in [2.45, 2.75) is 12.5 Å². The molecule has 1 atom stereocenters. The molecular weight excluding hydrogens is 192 g/mol. The van der Waals surface area contributed by atoms with Crippen LogP contribution in [0, 0.1) is 0 Å². The topological polar surface area (TPSA) is 72.2 Å². The maximum Gasteiger partial charge on any atom is 0.237 e. The summed E-state index contributed by atoms with van der Waals surface area (Å²) in [6.07, 6.45) is 2.04. The van der Waals surface area contributed by atoms with Crippen LogP contribution in [0.3, 0.4) is 0 Å². The fourth-order valence-electron chi connectivity index (χ4n) is 1.22. The highest BCUT2D eigenvalue weighted by Crippen LogP contribution is 2.01. The first kappa shape index (κ1) is 11.4. The maximum atomic E-state index is 11.3. The third kappa shape index (κ3) is 3.91. The lowest BCUT2D eigenvalue weighted by Gasteiger charge is -2.10. The van der Waals surface area contributed by atoms with Gasteiger partial charge >= 0.3 is 0 Å². The minimum absolute atomic E-state index is 0.110. The van der Waals surface area contributed by atoms with Crippen molar-refractivity contribution in [3.05, 3.63) is 35.9 Å². The van der Waals surface area contributed by atoms with Crippen molar-refractivity contribution in [3.8, 4) is 0 Å². The fraction of sp³-hybridized carbons (Fsp3) is 0.273. The van der Waals surface area contributed by atoms with Gasteiger partial charge in [-0.2, -0.15) is 0 Å². The molecule has 1 aromatic carbocycles. The Labute approximate surface area is 88.5 Å². The molecule has 4 nitrogen and oxygen atoms in total. The summed E-state index contributed by atoms with van der Waals surface area (Å²) in [4.78, 5) is 21.2. The molecule has 0 saturated carbocycles. The van der Waals surface area contributed by atoms with Gasteiger partial charge in [-0.05, 0) is 12.0 Å². The third-order valence-corrected chi connectivity index (χ3v) is 1.97. The minimum Gasteiger partial charge on any atom is -0.347 e. The molecule has 15 heavy (non-hydrogen) atoms. The molecule has 1 radical (unpaired) electrons. The van der Waals surface area contributed by atoms with E-state index in [0.29, 0.717) is 6.42 Å². The van der Waals surface area contributed by atoms with Crippen LogP contribution in [0.1, 0.15) is 5.56 Å². The number of nitrogens with two attached hydrogens (primary N) is 1. The second kappa shape index (κ2) is 5.93. The molecular formula is C11H13N2O2. The number of nitrogens with one attached hydrogen (secondary N) is 1. The number of hydrogen-bond acceptors (Lipinski definition) is 3. The summed E-state index contributed by atoms with van der Waals surface area (Å²) in [6, 6.07) is 8.85. The Morgan fingerprint density at radius 1 is 1.40 bits per heavy atom. The zero-order valence-corrected chi connectivity index (χ0v) is 8.27. The number of amides is 1. The summed E-state index contributed by atoms with van der Waals surface area (Å²) >= 11 is 0. The highest BCUT2D eigenvalue weighted by Gasteiger charge is 2.12. The lowest BCUT2D eigenvalue weighted by Crippen LogP contribution is -2.42. The molecule has 0 heterocycles. The Kier molecular flexibility index (Phi) is 4.50. The molecule has 3 N–H and O–H groups in total. The monoisotopic (exact) mass is 205 g/mol. The Hall–Kier alpha value is -1.68. The van der Waals surface area contributed by atoms with Crippen LogP contribution in [0.5, 0.6) is 0 Å². The molecule has 0 spiro atoms. The number of benzene rings is 1. The molecule has 0 saturated heterocycles. The van der Waals surface area contributed by atoms with E-state index in [9.17, 15) is 9.59 Å². The standard InChI is InChI=1S/C11H13N2O2/c12-10(11(15)13-6-7-14)8-9-4-2-1-3-5-9/h1-5,10H,6,8,12H2,(H,13,15). The van der Waals surface area contributed by atoms with E-state index < -0.39 is 6.04 Å². The summed E-state index contributed by atoms with van der Waals surface area (Å²) in [5.41, 5.74) is 6.64. The van der Waals surface area contributed by atoms with Crippen LogP contribution >= 0.6 is 0 Å². The zero-order valence-electron chi connectivity index (χ0n) is 8.27.